The average Bonchev–Trinajstić information content (AvgIpc) is 1.97. The number of hydrogen-bond acceptors (Lipinski definition) is 24. The number of aromatic hydroxyl groups is 1. The van der Waals surface area contributed by atoms with E-state index in [1.807, 2.05) is 25.9 Å². The molecular weight excluding hydrogens is 1270 g/mol. The van der Waals surface area contributed by atoms with Gasteiger partial charge in [-0.3, -0.25) is 33.6 Å². The molecule has 7 atom stereocenters. The van der Waals surface area contributed by atoms with Crippen LogP contribution in [0, 0.1) is 12.8 Å². The standard InChI is InChI=1S/C59H57N15O10S6/c1-27-41(76)20-74-47(27)58-70-40(26-89-58)55-66-36(22-86-55)45-32(14-15-33(63-45)54-67-37(23-87-54)49(61)79)53-68-38(24-85-53)50(80)64-34(19-42(60)77)56-72-44(28(2)90-56)52(82)71-46(48(30-8-6-5-7-9-30)84-21-43(78)62-16-17-73(3)4)57-69-39(25-88-57)51(81)65-35(59(74)83)18-29-10-12-31(75)13-11-29/h5-15,22-27,34-35,41,46-48,75-76H,16-21H2,1-4H3,(H2,60,77)(H2,61,79)(H,62,78)(H,64,80)(H,65,81)(H,71,82)/t27-,34-,35-,41-,46-,47-,48+/m0/s1. The number of carbonyl (C=O) groups excluding carboxylic acids is 7. The van der Waals surface area contributed by atoms with Gasteiger partial charge in [0.15, 0.2) is 0 Å². The number of aromatic nitrogens is 7. The minimum absolute atomic E-state index is 0.0107. The van der Waals surface area contributed by atoms with Gasteiger partial charge in [-0.25, -0.2) is 34.9 Å². The van der Waals surface area contributed by atoms with Crippen molar-refractivity contribution >= 4 is 109 Å². The first-order chi connectivity index (χ1) is 43.2. The van der Waals surface area contributed by atoms with Crippen molar-refractivity contribution in [1.29, 1.82) is 0 Å². The number of benzene rings is 2. The van der Waals surface area contributed by atoms with E-state index in [1.165, 1.54) is 67.2 Å². The molecule has 10 bridgehead atoms. The maximum absolute atomic E-state index is 15.3. The van der Waals surface area contributed by atoms with E-state index >= 15 is 4.79 Å². The third-order valence-corrected chi connectivity index (χ3v) is 20.2. The van der Waals surface area contributed by atoms with Crippen LogP contribution < -0.4 is 32.7 Å². The van der Waals surface area contributed by atoms with Crippen LogP contribution in [0.1, 0.15) is 111 Å². The number of rotatable bonds is 14. The molecule has 10 N–H and O–H groups in total. The molecule has 2 aliphatic heterocycles. The fourth-order valence-electron chi connectivity index (χ4n) is 10.1. The Balaban J connectivity index is 1.02. The summed E-state index contributed by atoms with van der Waals surface area (Å²) in [6.07, 6.45) is -2.58. The van der Waals surface area contributed by atoms with Crippen LogP contribution in [-0.4, -0.2) is 149 Å². The van der Waals surface area contributed by atoms with Crippen molar-refractivity contribution < 1.29 is 48.5 Å². The van der Waals surface area contributed by atoms with Gasteiger partial charge >= 0.3 is 0 Å². The Bertz CT molecular complexity index is 4160. The highest BCUT2D eigenvalue weighted by molar-refractivity contribution is 7.15. The molecule has 31 heteroatoms. The number of primary amides is 2. The van der Waals surface area contributed by atoms with Gasteiger partial charge in [0, 0.05) is 69.3 Å². The maximum Gasteiger partial charge on any atom is 0.271 e. The maximum atomic E-state index is 15.3. The van der Waals surface area contributed by atoms with E-state index in [4.69, 9.17) is 46.1 Å². The molecule has 0 saturated carbocycles. The van der Waals surface area contributed by atoms with Gasteiger partial charge in [-0.1, -0.05) is 49.4 Å². The van der Waals surface area contributed by atoms with Crippen LogP contribution in [-0.2, 0) is 25.5 Å². The third kappa shape index (κ3) is 14.0. The topological polar surface area (TPSA) is 366 Å². The lowest BCUT2D eigenvalue weighted by Gasteiger charge is -2.29. The fourth-order valence-corrected chi connectivity index (χ4v) is 15.4. The number of phenolic OH excluding ortho intramolecular Hbond substituents is 1. The average molecular weight is 1330 g/mol. The predicted octanol–water partition coefficient (Wildman–Crippen LogP) is 6.09. The zero-order chi connectivity index (χ0) is 63.5. The SMILES string of the molecule is Cc1sc2nc1C(=O)N[C@@H]([C@H](OCC(=O)NCCN(C)C)c1ccccc1)c1nc(cs1)C(=O)N[C@@H](Cc1ccc(O)cc1)C(=O)N1C[C@H](O)[C@H](C)[C@H]1c1nc(cs1)-c1nc(cs1)-c1nc(-c3nc(C(N)=O)cs3)ccc1-c1nc(cs1)C(=O)N[C@H]2CC(N)=O. The van der Waals surface area contributed by atoms with Crippen LogP contribution in [0.5, 0.6) is 5.75 Å². The molecule has 0 radical (unpaired) electrons. The number of hydrogen-bond donors (Lipinski definition) is 8. The lowest BCUT2D eigenvalue weighted by Crippen LogP contribution is -2.50. The summed E-state index contributed by atoms with van der Waals surface area (Å²) in [7, 11) is 3.74. The molecule has 2 aromatic carbocycles. The number of amides is 7. The Kier molecular flexibility index (Phi) is 19.0. The first-order valence-corrected chi connectivity index (χ1v) is 33.1. The Morgan fingerprint density at radius 1 is 0.711 bits per heavy atom. The molecule has 25 nitrogen and oxygen atoms in total. The summed E-state index contributed by atoms with van der Waals surface area (Å²) in [5, 5.41) is 43.6. The van der Waals surface area contributed by atoms with E-state index in [9.17, 15) is 39.0 Å². The molecule has 1 saturated heterocycles. The van der Waals surface area contributed by atoms with Gasteiger partial charge in [0.25, 0.3) is 23.6 Å². The summed E-state index contributed by atoms with van der Waals surface area (Å²) in [6.45, 7) is 3.78. The molecule has 1 fully saturated rings. The Hall–Kier alpha value is -8.66. The van der Waals surface area contributed by atoms with Gasteiger partial charge < -0.3 is 57.5 Å². The number of carbonyl (C=O) groups is 7. The molecule has 0 spiro atoms. The smallest absolute Gasteiger partial charge is 0.271 e. The van der Waals surface area contributed by atoms with Crippen molar-refractivity contribution in [2.75, 3.05) is 40.3 Å². The summed E-state index contributed by atoms with van der Waals surface area (Å²) in [5.41, 5.74) is 14.3. The molecule has 9 heterocycles. The van der Waals surface area contributed by atoms with Crippen molar-refractivity contribution in [1.82, 2.24) is 66.0 Å². The number of ether oxygens (including phenoxy) is 1. The van der Waals surface area contributed by atoms with Gasteiger partial charge in [-0.2, -0.15) is 0 Å². The molecule has 7 amide bonds. The summed E-state index contributed by atoms with van der Waals surface area (Å²) >= 11 is 6.90. The third-order valence-electron chi connectivity index (χ3n) is 14.7. The molecule has 11 rings (SSSR count). The molecule has 2 aliphatic rings. The highest BCUT2D eigenvalue weighted by atomic mass is 32.1. The summed E-state index contributed by atoms with van der Waals surface area (Å²) < 4.78 is 6.44. The number of nitrogens with two attached hydrogens (primary N) is 2. The van der Waals surface area contributed by atoms with Crippen LogP contribution in [0.4, 0.5) is 0 Å². The number of nitrogens with zero attached hydrogens (tertiary/aromatic N) is 9. The number of fused-ring (bicyclic) bond motifs is 16. The van der Waals surface area contributed by atoms with Crippen LogP contribution in [0.2, 0.25) is 0 Å². The van der Waals surface area contributed by atoms with Gasteiger partial charge in [0.1, 0.15) is 100 Å². The lowest BCUT2D eigenvalue weighted by molar-refractivity contribution is -0.134. The number of aliphatic hydroxyl groups is 1. The number of phenols is 1. The second-order valence-corrected chi connectivity index (χ2v) is 27.0. The van der Waals surface area contributed by atoms with Crippen molar-refractivity contribution in [3.8, 4) is 49.1 Å². The molecule has 0 unspecified atom stereocenters. The fraction of sp³-hybridized carbons (Fsp3) is 0.288. The van der Waals surface area contributed by atoms with Crippen LogP contribution in [0.15, 0.2) is 93.6 Å². The highest BCUT2D eigenvalue weighted by Gasteiger charge is 2.46. The van der Waals surface area contributed by atoms with E-state index in [2.05, 4.69) is 26.3 Å². The Morgan fingerprint density at radius 2 is 1.37 bits per heavy atom. The molecule has 90 heavy (non-hydrogen) atoms. The number of likely N-dealkylation sites (N-methyl/N-ethyl adjacent to an activating group) is 1. The number of aryl methyl sites for hydroxylation is 1. The molecular formula is C59H57N15O10S6. The molecule has 9 aromatic rings. The van der Waals surface area contributed by atoms with Crippen LogP contribution >= 0.6 is 68.0 Å². The Labute approximate surface area is 537 Å². The predicted molar refractivity (Wildman–Crippen MR) is 340 cm³/mol. The monoisotopic (exact) mass is 1330 g/mol. The van der Waals surface area contributed by atoms with E-state index < -0.39 is 96.7 Å². The van der Waals surface area contributed by atoms with E-state index in [0.29, 0.717) is 77.5 Å². The van der Waals surface area contributed by atoms with Crippen molar-refractivity contribution in [3.05, 3.63) is 147 Å². The number of thiazole rings is 6. The largest absolute Gasteiger partial charge is 0.508 e. The lowest BCUT2D eigenvalue weighted by atomic mass is 10.00. The normalized spacial score (nSPS) is 19.2. The van der Waals surface area contributed by atoms with E-state index in [-0.39, 0.29) is 51.5 Å². The zero-order valence-corrected chi connectivity index (χ0v) is 53.2. The zero-order valence-electron chi connectivity index (χ0n) is 48.3. The van der Waals surface area contributed by atoms with E-state index in [1.54, 1.807) is 72.3 Å². The summed E-state index contributed by atoms with van der Waals surface area (Å²) in [6, 6.07) is 14.0. The quantitative estimate of drug-likeness (QED) is 0.0610. The van der Waals surface area contributed by atoms with Crippen molar-refractivity contribution in [2.24, 2.45) is 17.4 Å². The van der Waals surface area contributed by atoms with Crippen LogP contribution in [0.25, 0.3) is 43.4 Å². The second-order valence-electron chi connectivity index (χ2n) is 21.4. The minimum Gasteiger partial charge on any atom is -0.508 e. The van der Waals surface area contributed by atoms with Gasteiger partial charge in [-0.15, -0.1) is 68.0 Å². The van der Waals surface area contributed by atoms with E-state index in [0.717, 1.165) is 34.0 Å². The summed E-state index contributed by atoms with van der Waals surface area (Å²) in [4.78, 5) is 135. The Morgan fingerprint density at radius 3 is 2.10 bits per heavy atom. The van der Waals surface area contributed by atoms with Crippen molar-refractivity contribution in [2.45, 2.75) is 63.1 Å². The summed E-state index contributed by atoms with van der Waals surface area (Å²) in [5.74, 6) is -5.21. The minimum atomic E-state index is -1.27. The van der Waals surface area contributed by atoms with Crippen LogP contribution in [0.3, 0.4) is 0 Å². The molecule has 7 aromatic heterocycles. The molecule has 0 aliphatic carbocycles. The highest BCUT2D eigenvalue weighted by Crippen LogP contribution is 2.43. The molecule has 464 valence electrons. The number of pyridine rings is 1. The van der Waals surface area contributed by atoms with Gasteiger partial charge in [0.05, 0.1) is 30.3 Å². The van der Waals surface area contributed by atoms with Gasteiger partial charge in [0.2, 0.25) is 17.7 Å². The van der Waals surface area contributed by atoms with Gasteiger partial charge in [-0.05, 0) is 56.4 Å². The first kappa shape index (κ1) is 62.9. The first-order valence-electron chi connectivity index (χ1n) is 27.9. The number of nitrogens with one attached hydrogen (secondary N) is 4. The second kappa shape index (κ2) is 27.2. The van der Waals surface area contributed by atoms with Crippen molar-refractivity contribution in [3.63, 3.8) is 0 Å². The number of aliphatic hydroxyl groups excluding tert-OH is 1.